The van der Waals surface area contributed by atoms with Gasteiger partial charge >= 0.3 is 5.97 Å². The zero-order chi connectivity index (χ0) is 15.9. The number of carbonyl (C=O) groups excluding carboxylic acids is 1. The van der Waals surface area contributed by atoms with Crippen molar-refractivity contribution in [3.05, 3.63) is 65.0 Å². The van der Waals surface area contributed by atoms with Crippen LogP contribution in [0.5, 0.6) is 0 Å². The molecule has 22 heavy (non-hydrogen) atoms. The van der Waals surface area contributed by atoms with Gasteiger partial charge in [0.15, 0.2) is 0 Å². The smallest absolute Gasteiger partial charge is 0.335 e. The fraction of sp³-hybridized carbons (Fsp3) is 0.125. The minimum atomic E-state index is -0.988. The maximum absolute atomic E-state index is 11.8. The third kappa shape index (κ3) is 3.99. The van der Waals surface area contributed by atoms with E-state index in [1.54, 1.807) is 24.4 Å². The number of aromatic carboxylic acids is 1. The van der Waals surface area contributed by atoms with Gasteiger partial charge in [0, 0.05) is 6.20 Å². The van der Waals surface area contributed by atoms with Crippen molar-refractivity contribution < 1.29 is 14.7 Å². The molecule has 2 rings (SSSR count). The number of nitrogens with zero attached hydrogens (tertiary/aromatic N) is 2. The molecule has 0 radical (unpaired) electrons. The first-order valence-electron chi connectivity index (χ1n) is 6.72. The van der Waals surface area contributed by atoms with Crippen LogP contribution in [0.2, 0.25) is 0 Å². The standard InChI is InChI=1S/C16H15N3O3/c1-2-11-5-8-14(17-9-11)15(20)19-18-10-12-3-6-13(7-4-12)16(21)22/h3-10H,2H2,1H3,(H,19,20)(H,21,22)/b18-10+. The van der Waals surface area contributed by atoms with Crippen LogP contribution >= 0.6 is 0 Å². The zero-order valence-corrected chi connectivity index (χ0v) is 12.0. The largest absolute Gasteiger partial charge is 0.478 e. The predicted molar refractivity (Wildman–Crippen MR) is 82.1 cm³/mol. The Balaban J connectivity index is 1.96. The first kappa shape index (κ1) is 15.4. The highest BCUT2D eigenvalue weighted by Gasteiger charge is 2.05. The van der Waals surface area contributed by atoms with Gasteiger partial charge < -0.3 is 5.11 Å². The summed E-state index contributed by atoms with van der Waals surface area (Å²) in [4.78, 5) is 26.6. The molecule has 0 bridgehead atoms. The van der Waals surface area contributed by atoms with Crippen LogP contribution in [0.3, 0.4) is 0 Å². The number of carbonyl (C=O) groups is 2. The van der Waals surface area contributed by atoms with Gasteiger partial charge in [-0.15, -0.1) is 0 Å². The van der Waals surface area contributed by atoms with Crippen LogP contribution in [0, 0.1) is 0 Å². The summed E-state index contributed by atoms with van der Waals surface area (Å²) in [5, 5.41) is 12.6. The van der Waals surface area contributed by atoms with Crippen molar-refractivity contribution in [3.8, 4) is 0 Å². The minimum absolute atomic E-state index is 0.196. The van der Waals surface area contributed by atoms with Crippen molar-refractivity contribution >= 4 is 18.1 Å². The lowest BCUT2D eigenvalue weighted by atomic mass is 10.1. The maximum atomic E-state index is 11.8. The Hall–Kier alpha value is -3.02. The topological polar surface area (TPSA) is 91.7 Å². The molecule has 0 aliphatic carbocycles. The maximum Gasteiger partial charge on any atom is 0.335 e. The van der Waals surface area contributed by atoms with Crippen molar-refractivity contribution in [1.82, 2.24) is 10.4 Å². The van der Waals surface area contributed by atoms with E-state index in [1.807, 2.05) is 13.0 Å². The summed E-state index contributed by atoms with van der Waals surface area (Å²) in [6.45, 7) is 2.01. The second kappa shape index (κ2) is 7.12. The molecule has 1 aromatic carbocycles. The third-order valence-corrected chi connectivity index (χ3v) is 3.00. The molecule has 0 unspecified atom stereocenters. The van der Waals surface area contributed by atoms with E-state index in [9.17, 15) is 9.59 Å². The molecule has 6 heteroatoms. The number of aryl methyl sites for hydroxylation is 1. The van der Waals surface area contributed by atoms with Crippen LogP contribution < -0.4 is 5.43 Å². The number of aromatic nitrogens is 1. The van der Waals surface area contributed by atoms with Gasteiger partial charge in [-0.3, -0.25) is 9.78 Å². The molecule has 0 aliphatic rings. The van der Waals surface area contributed by atoms with E-state index < -0.39 is 11.9 Å². The van der Waals surface area contributed by atoms with Gasteiger partial charge in [0.05, 0.1) is 11.8 Å². The lowest BCUT2D eigenvalue weighted by Crippen LogP contribution is -2.18. The van der Waals surface area contributed by atoms with Gasteiger partial charge in [-0.25, -0.2) is 10.2 Å². The number of carboxylic acids is 1. The van der Waals surface area contributed by atoms with Crippen LogP contribution in [0.1, 0.15) is 38.9 Å². The Labute approximate surface area is 127 Å². The number of hydrazone groups is 1. The number of pyridine rings is 1. The van der Waals surface area contributed by atoms with Crippen molar-refractivity contribution in [2.45, 2.75) is 13.3 Å². The summed E-state index contributed by atoms with van der Waals surface area (Å²) >= 11 is 0. The van der Waals surface area contributed by atoms with E-state index in [0.717, 1.165) is 12.0 Å². The molecule has 2 aromatic rings. The Bertz CT molecular complexity index is 692. The fourth-order valence-electron chi connectivity index (χ4n) is 1.70. The van der Waals surface area contributed by atoms with Crippen molar-refractivity contribution in [1.29, 1.82) is 0 Å². The van der Waals surface area contributed by atoms with Gasteiger partial charge in [0.1, 0.15) is 5.69 Å². The summed E-state index contributed by atoms with van der Waals surface area (Å²) in [7, 11) is 0. The Morgan fingerprint density at radius 3 is 2.50 bits per heavy atom. The second-order valence-electron chi connectivity index (χ2n) is 4.53. The molecule has 0 aliphatic heterocycles. The third-order valence-electron chi connectivity index (χ3n) is 3.00. The summed E-state index contributed by atoms with van der Waals surface area (Å²) in [6.07, 6.45) is 3.95. The molecule has 1 amide bonds. The SMILES string of the molecule is CCc1ccc(C(=O)N/N=C/c2ccc(C(=O)O)cc2)nc1. The molecule has 0 saturated carbocycles. The lowest BCUT2D eigenvalue weighted by Gasteiger charge is -2.00. The van der Waals surface area contributed by atoms with Crippen molar-refractivity contribution in [2.24, 2.45) is 5.10 Å². The summed E-state index contributed by atoms with van der Waals surface area (Å²) in [5.74, 6) is -1.39. The van der Waals surface area contributed by atoms with Crippen molar-refractivity contribution in [2.75, 3.05) is 0 Å². The molecular weight excluding hydrogens is 282 g/mol. The quantitative estimate of drug-likeness (QED) is 0.653. The minimum Gasteiger partial charge on any atom is -0.478 e. The molecule has 0 fully saturated rings. The van der Waals surface area contributed by atoms with Gasteiger partial charge in [-0.2, -0.15) is 5.10 Å². The molecule has 2 N–H and O–H groups in total. The first-order chi connectivity index (χ1) is 10.6. The van der Waals surface area contributed by atoms with E-state index in [2.05, 4.69) is 15.5 Å². The monoisotopic (exact) mass is 297 g/mol. The lowest BCUT2D eigenvalue weighted by molar-refractivity contribution is 0.0696. The van der Waals surface area contributed by atoms with E-state index in [0.29, 0.717) is 5.56 Å². The second-order valence-corrected chi connectivity index (χ2v) is 4.53. The zero-order valence-electron chi connectivity index (χ0n) is 12.0. The molecule has 1 heterocycles. The van der Waals surface area contributed by atoms with Gasteiger partial charge in [-0.1, -0.05) is 25.1 Å². The summed E-state index contributed by atoms with van der Waals surface area (Å²) in [6, 6.07) is 9.63. The van der Waals surface area contributed by atoms with E-state index >= 15 is 0 Å². The predicted octanol–water partition coefficient (Wildman–Crippen LogP) is 2.11. The number of rotatable bonds is 5. The van der Waals surface area contributed by atoms with Crippen LogP contribution in [0.4, 0.5) is 0 Å². The molecular formula is C16H15N3O3. The normalized spacial score (nSPS) is 10.6. The number of carboxylic acid groups (broad SMARTS) is 1. The molecule has 112 valence electrons. The van der Waals surface area contributed by atoms with E-state index in [4.69, 9.17) is 5.11 Å². The van der Waals surface area contributed by atoms with Gasteiger partial charge in [0.25, 0.3) is 5.91 Å². The summed E-state index contributed by atoms with van der Waals surface area (Å²) in [5.41, 5.74) is 4.59. The van der Waals surface area contributed by atoms with Crippen LogP contribution in [0.25, 0.3) is 0 Å². The number of hydrogen-bond acceptors (Lipinski definition) is 4. The molecule has 0 spiro atoms. The van der Waals surface area contributed by atoms with E-state index in [1.165, 1.54) is 18.3 Å². The van der Waals surface area contributed by atoms with Crippen LogP contribution in [-0.2, 0) is 6.42 Å². The fourth-order valence-corrected chi connectivity index (χ4v) is 1.70. The highest BCUT2D eigenvalue weighted by atomic mass is 16.4. The Morgan fingerprint density at radius 2 is 1.95 bits per heavy atom. The Kier molecular flexibility index (Phi) is 4.98. The first-order valence-corrected chi connectivity index (χ1v) is 6.72. The average molecular weight is 297 g/mol. The molecule has 0 saturated heterocycles. The number of nitrogens with one attached hydrogen (secondary N) is 1. The molecule has 1 aromatic heterocycles. The average Bonchev–Trinajstić information content (AvgIpc) is 2.55. The van der Waals surface area contributed by atoms with Gasteiger partial charge in [0.2, 0.25) is 0 Å². The summed E-state index contributed by atoms with van der Waals surface area (Å²) < 4.78 is 0. The molecule has 6 nitrogen and oxygen atoms in total. The number of amides is 1. The number of benzene rings is 1. The molecule has 0 atom stereocenters. The highest BCUT2D eigenvalue weighted by Crippen LogP contribution is 2.03. The van der Waals surface area contributed by atoms with Crippen LogP contribution in [0.15, 0.2) is 47.7 Å². The van der Waals surface area contributed by atoms with Gasteiger partial charge in [-0.05, 0) is 35.7 Å². The van der Waals surface area contributed by atoms with Crippen LogP contribution in [-0.4, -0.2) is 28.2 Å². The number of hydrogen-bond donors (Lipinski definition) is 2. The highest BCUT2D eigenvalue weighted by molar-refractivity contribution is 5.93. The van der Waals surface area contributed by atoms with E-state index in [-0.39, 0.29) is 11.3 Å². The van der Waals surface area contributed by atoms with Crippen molar-refractivity contribution in [3.63, 3.8) is 0 Å². The Morgan fingerprint density at radius 1 is 1.23 bits per heavy atom.